The number of sulfone groups is 1. The molecule has 176 valence electrons. The molecule has 0 radical (unpaired) electrons. The largest absolute Gasteiger partial charge is 0.397 e. The van der Waals surface area contributed by atoms with Crippen molar-refractivity contribution in [2.24, 2.45) is 10.2 Å². The zero-order valence-corrected chi connectivity index (χ0v) is 19.0. The number of anilines is 1. The number of azo groups is 1. The first-order valence-electron chi connectivity index (χ1n) is 8.92. The highest BCUT2D eigenvalue weighted by Crippen LogP contribution is 2.35. The number of nitrogens with two attached hydrogens (primary N) is 1. The summed E-state index contributed by atoms with van der Waals surface area (Å²) in [5.74, 6) is -0.684. The van der Waals surface area contributed by atoms with Gasteiger partial charge in [0.15, 0.2) is 9.84 Å². The second-order valence-electron chi connectivity index (χ2n) is 6.62. The molecule has 0 atom stereocenters. The Morgan fingerprint density at radius 2 is 1.42 bits per heavy atom. The van der Waals surface area contributed by atoms with E-state index in [9.17, 15) is 29.8 Å². The highest BCUT2D eigenvalue weighted by atomic mass is 32.3. The zero-order chi connectivity index (χ0) is 24.4. The van der Waals surface area contributed by atoms with Crippen LogP contribution in [-0.2, 0) is 34.5 Å². The van der Waals surface area contributed by atoms with E-state index in [4.69, 9.17) is 10.3 Å². The van der Waals surface area contributed by atoms with Crippen LogP contribution in [0.1, 0.15) is 0 Å². The van der Waals surface area contributed by atoms with E-state index in [0.717, 1.165) is 0 Å². The molecule has 15 heteroatoms. The Bertz CT molecular complexity index is 1550. The van der Waals surface area contributed by atoms with Crippen molar-refractivity contribution >= 4 is 58.2 Å². The lowest BCUT2D eigenvalue weighted by Crippen LogP contribution is -2.15. The van der Waals surface area contributed by atoms with Gasteiger partial charge in [0, 0.05) is 5.39 Å². The molecule has 4 N–H and O–H groups in total. The minimum Gasteiger partial charge on any atom is -0.397 e. The van der Waals surface area contributed by atoms with Gasteiger partial charge < -0.3 is 5.73 Å². The highest BCUT2D eigenvalue weighted by Gasteiger charge is 2.17. The van der Waals surface area contributed by atoms with Gasteiger partial charge in [0.2, 0.25) is 0 Å². The summed E-state index contributed by atoms with van der Waals surface area (Å²) in [4.78, 5) is -0.479. The van der Waals surface area contributed by atoms with E-state index in [-0.39, 0.29) is 26.9 Å². The van der Waals surface area contributed by atoms with E-state index in [2.05, 4.69) is 14.4 Å². The summed E-state index contributed by atoms with van der Waals surface area (Å²) >= 11 is 0. The Hall–Kier alpha value is -2.95. The third-order valence-electron chi connectivity index (χ3n) is 4.34. The van der Waals surface area contributed by atoms with Crippen LogP contribution in [0.4, 0.5) is 17.1 Å². The standard InChI is InChI=1S/C18H17N3O9S3/c19-17-8-2-12-1-5-15(32(24,25)26)11-16(12)18(17)21-20-13-3-6-14(7-4-13)31(22,23)10-9-30-33(27,28)29/h1-8,11H,9-10,19H2,(H,24,25,26)(H,27,28,29). The molecule has 0 fully saturated rings. The third-order valence-corrected chi connectivity index (χ3v) is 7.35. The van der Waals surface area contributed by atoms with Gasteiger partial charge in [-0.1, -0.05) is 12.1 Å². The Kier molecular flexibility index (Phi) is 6.83. The fraction of sp³-hybridized carbons (Fsp3) is 0.111. The Balaban J connectivity index is 1.88. The molecule has 0 saturated heterocycles. The summed E-state index contributed by atoms with van der Waals surface area (Å²) in [6, 6.07) is 12.2. The van der Waals surface area contributed by atoms with Crippen molar-refractivity contribution in [3.8, 4) is 0 Å². The van der Waals surface area contributed by atoms with Gasteiger partial charge in [-0.05, 0) is 47.9 Å². The summed E-state index contributed by atoms with van der Waals surface area (Å²) < 4.78 is 90.2. The average molecular weight is 516 g/mol. The van der Waals surface area contributed by atoms with Crippen LogP contribution >= 0.6 is 0 Å². The number of hydrogen-bond acceptors (Lipinski definition) is 10. The van der Waals surface area contributed by atoms with Gasteiger partial charge in [0.1, 0.15) is 5.69 Å². The molecule has 0 spiro atoms. The number of rotatable bonds is 8. The number of nitrogen functional groups attached to an aromatic ring is 1. The average Bonchev–Trinajstić information content (AvgIpc) is 2.71. The lowest BCUT2D eigenvalue weighted by atomic mass is 10.1. The molecular weight excluding hydrogens is 498 g/mol. The minimum absolute atomic E-state index is 0.136. The molecular formula is C18H17N3O9S3. The quantitative estimate of drug-likeness (QED) is 0.227. The van der Waals surface area contributed by atoms with Crippen LogP contribution in [0.15, 0.2) is 74.6 Å². The van der Waals surface area contributed by atoms with Gasteiger partial charge >= 0.3 is 10.4 Å². The monoisotopic (exact) mass is 515 g/mol. The third kappa shape index (κ3) is 6.31. The van der Waals surface area contributed by atoms with E-state index in [1.807, 2.05) is 0 Å². The molecule has 0 amide bonds. The summed E-state index contributed by atoms with van der Waals surface area (Å²) in [5.41, 5.74) is 6.53. The van der Waals surface area contributed by atoms with Crippen LogP contribution in [0.5, 0.6) is 0 Å². The van der Waals surface area contributed by atoms with Crippen molar-refractivity contribution in [2.45, 2.75) is 9.79 Å². The van der Waals surface area contributed by atoms with E-state index < -0.39 is 42.7 Å². The van der Waals surface area contributed by atoms with Crippen LogP contribution in [0.3, 0.4) is 0 Å². The van der Waals surface area contributed by atoms with Gasteiger partial charge in [-0.15, -0.1) is 5.11 Å². The normalized spacial score (nSPS) is 13.0. The molecule has 3 aromatic carbocycles. The van der Waals surface area contributed by atoms with E-state index in [1.165, 1.54) is 42.5 Å². The number of benzene rings is 3. The number of fused-ring (bicyclic) bond motifs is 1. The molecule has 33 heavy (non-hydrogen) atoms. The van der Waals surface area contributed by atoms with Crippen molar-refractivity contribution in [1.82, 2.24) is 0 Å². The summed E-state index contributed by atoms with van der Waals surface area (Å²) in [6.07, 6.45) is 0. The zero-order valence-electron chi connectivity index (χ0n) is 16.6. The Morgan fingerprint density at radius 1 is 0.818 bits per heavy atom. The van der Waals surface area contributed by atoms with E-state index in [0.29, 0.717) is 10.8 Å². The van der Waals surface area contributed by atoms with Crippen LogP contribution in [0, 0.1) is 0 Å². The molecule has 3 aromatic rings. The summed E-state index contributed by atoms with van der Waals surface area (Å²) in [7, 11) is -13.1. The lowest BCUT2D eigenvalue weighted by Gasteiger charge is -2.07. The maximum atomic E-state index is 12.2. The topological polar surface area (TPSA) is 203 Å². The van der Waals surface area contributed by atoms with Crippen LogP contribution in [0.25, 0.3) is 10.8 Å². The minimum atomic E-state index is -4.75. The molecule has 0 aliphatic heterocycles. The van der Waals surface area contributed by atoms with Crippen molar-refractivity contribution in [1.29, 1.82) is 0 Å². The fourth-order valence-electron chi connectivity index (χ4n) is 2.77. The van der Waals surface area contributed by atoms with Gasteiger partial charge in [-0.3, -0.25) is 9.11 Å². The second-order valence-corrected chi connectivity index (χ2v) is 11.2. The number of hydrogen-bond donors (Lipinski definition) is 3. The fourth-order valence-corrected chi connectivity index (χ4v) is 4.76. The summed E-state index contributed by atoms with van der Waals surface area (Å²) in [5, 5.41) is 8.98. The van der Waals surface area contributed by atoms with Crippen molar-refractivity contribution < 1.29 is 38.5 Å². The van der Waals surface area contributed by atoms with E-state index in [1.54, 1.807) is 12.1 Å². The van der Waals surface area contributed by atoms with Gasteiger partial charge in [-0.2, -0.15) is 21.9 Å². The molecule has 12 nitrogen and oxygen atoms in total. The van der Waals surface area contributed by atoms with Crippen LogP contribution < -0.4 is 5.73 Å². The highest BCUT2D eigenvalue weighted by molar-refractivity contribution is 7.91. The molecule has 0 bridgehead atoms. The van der Waals surface area contributed by atoms with Gasteiger partial charge in [0.05, 0.1) is 33.5 Å². The molecule has 0 unspecified atom stereocenters. The van der Waals surface area contributed by atoms with Gasteiger partial charge in [-0.25, -0.2) is 12.6 Å². The maximum absolute atomic E-state index is 12.2. The first kappa shape index (κ1) is 24.7. The predicted molar refractivity (Wildman–Crippen MR) is 118 cm³/mol. The first-order chi connectivity index (χ1) is 15.3. The molecule has 0 saturated carbocycles. The Labute approximate surface area is 189 Å². The summed E-state index contributed by atoms with van der Waals surface area (Å²) in [6.45, 7) is -0.755. The molecule has 0 heterocycles. The van der Waals surface area contributed by atoms with Crippen molar-refractivity contribution in [3.05, 3.63) is 54.6 Å². The van der Waals surface area contributed by atoms with E-state index >= 15 is 0 Å². The van der Waals surface area contributed by atoms with Crippen LogP contribution in [0.2, 0.25) is 0 Å². The SMILES string of the molecule is Nc1ccc2ccc(S(=O)(=O)O)cc2c1N=Nc1ccc(S(=O)(=O)CCOS(=O)(=O)O)cc1. The maximum Gasteiger partial charge on any atom is 0.397 e. The van der Waals surface area contributed by atoms with Crippen molar-refractivity contribution in [2.75, 3.05) is 18.1 Å². The molecule has 0 aliphatic rings. The molecule has 0 aliphatic carbocycles. The smallest absolute Gasteiger partial charge is 0.397 e. The lowest BCUT2D eigenvalue weighted by molar-refractivity contribution is 0.284. The van der Waals surface area contributed by atoms with Crippen LogP contribution in [-0.4, -0.2) is 46.7 Å². The first-order valence-corrected chi connectivity index (χ1v) is 13.4. The van der Waals surface area contributed by atoms with Gasteiger partial charge in [0.25, 0.3) is 10.1 Å². The number of nitrogens with zero attached hydrogens (tertiary/aromatic N) is 2. The molecule has 0 aromatic heterocycles. The van der Waals surface area contributed by atoms with Crippen molar-refractivity contribution in [3.63, 3.8) is 0 Å². The molecule has 3 rings (SSSR count). The Morgan fingerprint density at radius 3 is 2.03 bits per heavy atom. The predicted octanol–water partition coefficient (Wildman–Crippen LogP) is 2.68. The second kappa shape index (κ2) is 9.12.